The van der Waals surface area contributed by atoms with Crippen molar-refractivity contribution in [1.82, 2.24) is 0 Å². The van der Waals surface area contributed by atoms with E-state index in [9.17, 15) is 14.4 Å². The van der Waals surface area contributed by atoms with Crippen LogP contribution in [0.15, 0.2) is 18.2 Å². The minimum absolute atomic E-state index is 0.00817. The van der Waals surface area contributed by atoms with Crippen molar-refractivity contribution in [3.05, 3.63) is 29.3 Å². The predicted molar refractivity (Wildman–Crippen MR) is 94.1 cm³/mol. The Bertz CT molecular complexity index is 681. The van der Waals surface area contributed by atoms with Crippen LogP contribution in [0.25, 0.3) is 0 Å². The van der Waals surface area contributed by atoms with Gasteiger partial charge in [0.2, 0.25) is 0 Å². The predicted octanol–water partition coefficient (Wildman–Crippen LogP) is 3.18. The number of fused-ring (bicyclic) bond motifs is 2. The van der Waals surface area contributed by atoms with Crippen LogP contribution in [0.2, 0.25) is 0 Å². The molecule has 2 fully saturated rings. The number of carbonyl (C=O) groups is 3. The number of rotatable bonds is 4. The van der Waals surface area contributed by atoms with Crippen LogP contribution in [0.4, 0.5) is 5.69 Å². The van der Waals surface area contributed by atoms with Crippen molar-refractivity contribution in [2.45, 2.75) is 46.0 Å². The number of esters is 1. The van der Waals surface area contributed by atoms with E-state index in [1.165, 1.54) is 0 Å². The molecule has 0 spiro atoms. The van der Waals surface area contributed by atoms with Gasteiger partial charge < -0.3 is 10.1 Å². The lowest BCUT2D eigenvalue weighted by molar-refractivity contribution is -0.155. The Hall–Kier alpha value is -2.17. The molecule has 1 amide bonds. The number of ketones is 1. The zero-order valence-corrected chi connectivity index (χ0v) is 14.8. The number of nitrogens with one attached hydrogen (secondary N) is 1. The van der Waals surface area contributed by atoms with Crippen molar-refractivity contribution in [3.8, 4) is 0 Å². The van der Waals surface area contributed by atoms with Gasteiger partial charge in [-0.25, -0.2) is 0 Å². The SMILES string of the molecule is Cc1ccc(C)c(NC(=O)COC(=O)C2C[C@H]3CCC[C@@H](C2)C3=O)c1. The number of anilines is 1. The van der Waals surface area contributed by atoms with E-state index in [1.54, 1.807) is 0 Å². The molecule has 0 heterocycles. The van der Waals surface area contributed by atoms with Gasteiger partial charge in [-0.1, -0.05) is 18.6 Å². The molecule has 5 heteroatoms. The van der Waals surface area contributed by atoms with Gasteiger partial charge in [0.05, 0.1) is 5.92 Å². The standard InChI is InChI=1S/C20H25NO4/c1-12-6-7-13(2)17(8-12)21-18(22)11-25-20(24)16-9-14-4-3-5-15(10-16)19(14)23/h6-8,14-16H,3-5,9-11H2,1-2H3,(H,21,22)/t14-,15+,16?. The molecule has 1 aromatic carbocycles. The highest BCUT2D eigenvalue weighted by atomic mass is 16.5. The molecule has 2 bridgehead atoms. The molecule has 0 radical (unpaired) electrons. The third-order valence-corrected chi connectivity index (χ3v) is 5.39. The van der Waals surface area contributed by atoms with Crippen LogP contribution in [0.3, 0.4) is 0 Å². The lowest BCUT2D eigenvalue weighted by atomic mass is 9.67. The Labute approximate surface area is 148 Å². The van der Waals surface area contributed by atoms with Gasteiger partial charge in [0.1, 0.15) is 5.78 Å². The van der Waals surface area contributed by atoms with E-state index in [4.69, 9.17) is 4.74 Å². The highest BCUT2D eigenvalue weighted by Crippen LogP contribution is 2.40. The van der Waals surface area contributed by atoms with Crippen molar-refractivity contribution in [2.75, 3.05) is 11.9 Å². The van der Waals surface area contributed by atoms with E-state index < -0.39 is 0 Å². The molecule has 3 rings (SSSR count). The molecule has 1 unspecified atom stereocenters. The molecular weight excluding hydrogens is 318 g/mol. The minimum atomic E-state index is -0.347. The van der Waals surface area contributed by atoms with Crippen LogP contribution in [0.1, 0.15) is 43.2 Å². The molecule has 2 aliphatic carbocycles. The van der Waals surface area contributed by atoms with E-state index in [1.807, 2.05) is 32.0 Å². The summed E-state index contributed by atoms with van der Waals surface area (Å²) in [6.45, 7) is 3.58. The number of amides is 1. The summed E-state index contributed by atoms with van der Waals surface area (Å²) in [6.07, 6.45) is 3.99. The average molecular weight is 343 g/mol. The van der Waals surface area contributed by atoms with Gasteiger partial charge in [0, 0.05) is 17.5 Å². The van der Waals surface area contributed by atoms with E-state index >= 15 is 0 Å². The second-order valence-corrected chi connectivity index (χ2v) is 7.37. The second-order valence-electron chi connectivity index (χ2n) is 7.37. The summed E-state index contributed by atoms with van der Waals surface area (Å²) in [5, 5.41) is 2.79. The molecule has 25 heavy (non-hydrogen) atoms. The Kier molecular flexibility index (Phi) is 5.21. The number of aryl methyl sites for hydroxylation is 2. The molecular formula is C20H25NO4. The number of benzene rings is 1. The van der Waals surface area contributed by atoms with Gasteiger partial charge in [-0.05, 0) is 56.7 Å². The normalized spacial score (nSPS) is 25.4. The maximum absolute atomic E-state index is 12.3. The maximum Gasteiger partial charge on any atom is 0.309 e. The van der Waals surface area contributed by atoms with E-state index in [0.717, 1.165) is 36.1 Å². The fourth-order valence-corrected chi connectivity index (χ4v) is 3.98. The number of Topliss-reactive ketones (excluding diaryl/α,β-unsaturated/α-hetero) is 1. The number of hydrogen-bond acceptors (Lipinski definition) is 4. The van der Waals surface area contributed by atoms with Crippen molar-refractivity contribution in [1.29, 1.82) is 0 Å². The Morgan fingerprint density at radius 1 is 1.16 bits per heavy atom. The summed E-state index contributed by atoms with van der Waals surface area (Å²) >= 11 is 0. The van der Waals surface area contributed by atoms with Crippen LogP contribution in [-0.4, -0.2) is 24.3 Å². The zero-order chi connectivity index (χ0) is 18.0. The largest absolute Gasteiger partial charge is 0.455 e. The summed E-state index contributed by atoms with van der Waals surface area (Å²) in [4.78, 5) is 36.5. The Morgan fingerprint density at radius 3 is 2.52 bits per heavy atom. The van der Waals surface area contributed by atoms with Gasteiger partial charge in [0.15, 0.2) is 6.61 Å². The van der Waals surface area contributed by atoms with E-state index in [2.05, 4.69) is 5.32 Å². The first-order valence-electron chi connectivity index (χ1n) is 9.01. The fourth-order valence-electron chi connectivity index (χ4n) is 3.98. The van der Waals surface area contributed by atoms with Crippen molar-refractivity contribution >= 4 is 23.3 Å². The molecule has 2 aliphatic rings. The third-order valence-electron chi connectivity index (χ3n) is 5.39. The topological polar surface area (TPSA) is 72.5 Å². The summed E-state index contributed by atoms with van der Waals surface area (Å²) in [7, 11) is 0. The molecule has 1 N–H and O–H groups in total. The lowest BCUT2D eigenvalue weighted by Gasteiger charge is -2.36. The van der Waals surface area contributed by atoms with Gasteiger partial charge in [-0.3, -0.25) is 14.4 Å². The zero-order valence-electron chi connectivity index (χ0n) is 14.8. The van der Waals surface area contributed by atoms with Crippen LogP contribution in [-0.2, 0) is 19.1 Å². The van der Waals surface area contributed by atoms with Crippen molar-refractivity contribution in [3.63, 3.8) is 0 Å². The highest BCUT2D eigenvalue weighted by Gasteiger charge is 2.41. The van der Waals surface area contributed by atoms with Crippen LogP contribution < -0.4 is 5.32 Å². The second kappa shape index (κ2) is 7.38. The smallest absolute Gasteiger partial charge is 0.309 e. The summed E-state index contributed by atoms with van der Waals surface area (Å²) in [5.41, 5.74) is 2.75. The Morgan fingerprint density at radius 2 is 1.84 bits per heavy atom. The summed E-state index contributed by atoms with van der Waals surface area (Å²) < 4.78 is 5.22. The van der Waals surface area contributed by atoms with Crippen molar-refractivity contribution < 1.29 is 19.1 Å². The van der Waals surface area contributed by atoms with Gasteiger partial charge in [-0.2, -0.15) is 0 Å². The monoisotopic (exact) mass is 343 g/mol. The van der Waals surface area contributed by atoms with Crippen LogP contribution in [0, 0.1) is 31.6 Å². The first kappa shape index (κ1) is 17.6. The number of ether oxygens (including phenoxy) is 1. The van der Waals surface area contributed by atoms with E-state index in [-0.39, 0.29) is 36.2 Å². The van der Waals surface area contributed by atoms with Gasteiger partial charge >= 0.3 is 5.97 Å². The molecule has 1 aromatic rings. The summed E-state index contributed by atoms with van der Waals surface area (Å²) in [5.74, 6) is -0.596. The average Bonchev–Trinajstić information content (AvgIpc) is 2.56. The van der Waals surface area contributed by atoms with Gasteiger partial charge in [-0.15, -0.1) is 0 Å². The molecule has 0 aliphatic heterocycles. The Balaban J connectivity index is 1.51. The number of carbonyl (C=O) groups excluding carboxylic acids is 3. The minimum Gasteiger partial charge on any atom is -0.455 e. The molecule has 0 aromatic heterocycles. The fraction of sp³-hybridized carbons (Fsp3) is 0.550. The molecule has 0 saturated heterocycles. The first-order chi connectivity index (χ1) is 11.9. The first-order valence-corrected chi connectivity index (χ1v) is 9.01. The number of hydrogen-bond donors (Lipinski definition) is 1. The van der Waals surface area contributed by atoms with Crippen LogP contribution >= 0.6 is 0 Å². The van der Waals surface area contributed by atoms with Crippen LogP contribution in [0.5, 0.6) is 0 Å². The summed E-state index contributed by atoms with van der Waals surface area (Å²) in [6, 6.07) is 5.81. The third kappa shape index (κ3) is 4.09. The molecule has 2 saturated carbocycles. The lowest BCUT2D eigenvalue weighted by Crippen LogP contribution is -2.40. The maximum atomic E-state index is 12.3. The van der Waals surface area contributed by atoms with E-state index in [0.29, 0.717) is 18.6 Å². The molecule has 5 nitrogen and oxygen atoms in total. The molecule has 134 valence electrons. The van der Waals surface area contributed by atoms with Crippen molar-refractivity contribution in [2.24, 2.45) is 17.8 Å². The molecule has 3 atom stereocenters. The highest BCUT2D eigenvalue weighted by molar-refractivity contribution is 5.94. The quantitative estimate of drug-likeness (QED) is 0.852. The van der Waals surface area contributed by atoms with Gasteiger partial charge in [0.25, 0.3) is 5.91 Å².